The van der Waals surface area contributed by atoms with Gasteiger partial charge in [-0.1, -0.05) is 5.16 Å². The Labute approximate surface area is 110 Å². The van der Waals surface area contributed by atoms with E-state index in [1.807, 2.05) is 13.8 Å². The maximum absolute atomic E-state index is 12.7. The molecule has 2 aromatic rings. The van der Waals surface area contributed by atoms with Crippen molar-refractivity contribution in [2.45, 2.75) is 20.3 Å². The molecule has 1 N–H and O–H groups in total. The van der Waals surface area contributed by atoms with Crippen LogP contribution in [0.5, 0.6) is 0 Å². The lowest BCUT2D eigenvalue weighted by Gasteiger charge is -2.05. The second-order valence-corrected chi connectivity index (χ2v) is 4.32. The number of carbonyl (C=O) groups excluding carboxylic acids is 1. The van der Waals surface area contributed by atoms with Crippen molar-refractivity contribution < 1.29 is 13.7 Å². The fraction of sp³-hybridized carbons (Fsp3) is 0.286. The number of hydrogen-bond donors (Lipinski definition) is 1. The van der Waals surface area contributed by atoms with Crippen LogP contribution >= 0.6 is 0 Å². The molecule has 0 aliphatic heterocycles. The number of amides is 1. The molecule has 0 atom stereocenters. The van der Waals surface area contributed by atoms with Crippen LogP contribution in [0.2, 0.25) is 0 Å². The van der Waals surface area contributed by atoms with E-state index < -0.39 is 0 Å². The lowest BCUT2D eigenvalue weighted by Crippen LogP contribution is -2.25. The number of rotatable bonds is 4. The molecule has 19 heavy (non-hydrogen) atoms. The van der Waals surface area contributed by atoms with Crippen LogP contribution in [-0.4, -0.2) is 17.6 Å². The van der Waals surface area contributed by atoms with Crippen molar-refractivity contribution >= 4 is 5.91 Å². The molecule has 1 amide bonds. The summed E-state index contributed by atoms with van der Waals surface area (Å²) < 4.78 is 17.8. The first-order valence-electron chi connectivity index (χ1n) is 6.03. The molecule has 1 aromatic carbocycles. The van der Waals surface area contributed by atoms with E-state index in [1.54, 1.807) is 0 Å². The smallest absolute Gasteiger partial charge is 0.251 e. The van der Waals surface area contributed by atoms with Crippen molar-refractivity contribution in [1.82, 2.24) is 10.5 Å². The minimum atomic E-state index is -0.354. The van der Waals surface area contributed by atoms with Gasteiger partial charge in [0, 0.05) is 17.7 Å². The summed E-state index contributed by atoms with van der Waals surface area (Å²) in [5.74, 6) is 0.201. The van der Waals surface area contributed by atoms with Gasteiger partial charge in [0.05, 0.1) is 5.69 Å². The third-order valence-corrected chi connectivity index (χ3v) is 2.95. The fourth-order valence-electron chi connectivity index (χ4n) is 1.86. The Morgan fingerprint density at radius 3 is 2.58 bits per heavy atom. The Morgan fingerprint density at radius 2 is 2.00 bits per heavy atom. The SMILES string of the molecule is Cc1noc(C)c1CCNC(=O)c1ccc(F)cc1. The van der Waals surface area contributed by atoms with E-state index in [0.29, 0.717) is 18.5 Å². The summed E-state index contributed by atoms with van der Waals surface area (Å²) in [7, 11) is 0. The molecule has 0 fully saturated rings. The number of benzene rings is 1. The van der Waals surface area contributed by atoms with Gasteiger partial charge in [-0.3, -0.25) is 4.79 Å². The summed E-state index contributed by atoms with van der Waals surface area (Å²) in [6.45, 7) is 4.20. The van der Waals surface area contributed by atoms with Crippen LogP contribution in [0.1, 0.15) is 27.4 Å². The molecule has 1 heterocycles. The fourth-order valence-corrected chi connectivity index (χ4v) is 1.86. The number of hydrogen-bond acceptors (Lipinski definition) is 3. The Kier molecular flexibility index (Phi) is 3.94. The molecule has 0 aliphatic carbocycles. The molecule has 0 aliphatic rings. The van der Waals surface area contributed by atoms with E-state index >= 15 is 0 Å². The molecule has 0 saturated carbocycles. The van der Waals surface area contributed by atoms with Crippen LogP contribution in [0.4, 0.5) is 4.39 Å². The highest BCUT2D eigenvalue weighted by molar-refractivity contribution is 5.94. The predicted molar refractivity (Wildman–Crippen MR) is 68.4 cm³/mol. The van der Waals surface area contributed by atoms with Crippen LogP contribution in [-0.2, 0) is 6.42 Å². The zero-order valence-corrected chi connectivity index (χ0v) is 10.9. The standard InChI is InChI=1S/C14H15FN2O2/c1-9-13(10(2)19-17-9)7-8-16-14(18)11-3-5-12(15)6-4-11/h3-6H,7-8H2,1-2H3,(H,16,18). The van der Waals surface area contributed by atoms with E-state index in [0.717, 1.165) is 17.0 Å². The van der Waals surface area contributed by atoms with Gasteiger partial charge in [0.1, 0.15) is 11.6 Å². The number of aryl methyl sites for hydroxylation is 2. The predicted octanol–water partition coefficient (Wildman–Crippen LogP) is 2.40. The maximum Gasteiger partial charge on any atom is 0.251 e. The molecule has 0 unspecified atom stereocenters. The van der Waals surface area contributed by atoms with Crippen LogP contribution < -0.4 is 5.32 Å². The van der Waals surface area contributed by atoms with Crippen molar-refractivity contribution in [1.29, 1.82) is 0 Å². The monoisotopic (exact) mass is 262 g/mol. The third kappa shape index (κ3) is 3.19. The average molecular weight is 262 g/mol. The molecule has 2 rings (SSSR count). The molecule has 0 radical (unpaired) electrons. The van der Waals surface area contributed by atoms with Crippen molar-refractivity contribution in [3.05, 3.63) is 52.7 Å². The lowest BCUT2D eigenvalue weighted by atomic mass is 10.1. The van der Waals surface area contributed by atoms with Gasteiger partial charge in [-0.05, 0) is 44.5 Å². The van der Waals surface area contributed by atoms with E-state index in [4.69, 9.17) is 4.52 Å². The summed E-state index contributed by atoms with van der Waals surface area (Å²) in [5.41, 5.74) is 2.30. The normalized spacial score (nSPS) is 10.5. The highest BCUT2D eigenvalue weighted by Crippen LogP contribution is 2.12. The van der Waals surface area contributed by atoms with Gasteiger partial charge in [0.25, 0.3) is 5.91 Å². The first-order valence-corrected chi connectivity index (χ1v) is 6.03. The van der Waals surface area contributed by atoms with Gasteiger partial charge in [0.15, 0.2) is 0 Å². The molecule has 5 heteroatoms. The summed E-state index contributed by atoms with van der Waals surface area (Å²) in [6, 6.07) is 5.45. The Morgan fingerprint density at radius 1 is 1.32 bits per heavy atom. The van der Waals surface area contributed by atoms with Crippen LogP contribution in [0.25, 0.3) is 0 Å². The van der Waals surface area contributed by atoms with Crippen molar-refractivity contribution in [2.24, 2.45) is 0 Å². The quantitative estimate of drug-likeness (QED) is 0.920. The Hall–Kier alpha value is -2.17. The van der Waals surface area contributed by atoms with Gasteiger partial charge in [0.2, 0.25) is 0 Å². The number of aromatic nitrogens is 1. The molecule has 4 nitrogen and oxygen atoms in total. The summed E-state index contributed by atoms with van der Waals surface area (Å²) in [5, 5.41) is 6.63. The highest BCUT2D eigenvalue weighted by Gasteiger charge is 2.10. The van der Waals surface area contributed by atoms with Crippen molar-refractivity contribution in [3.8, 4) is 0 Å². The molecule has 0 spiro atoms. The van der Waals surface area contributed by atoms with Gasteiger partial charge < -0.3 is 9.84 Å². The summed E-state index contributed by atoms with van der Waals surface area (Å²) in [6.07, 6.45) is 0.661. The highest BCUT2D eigenvalue weighted by atomic mass is 19.1. The van der Waals surface area contributed by atoms with E-state index in [9.17, 15) is 9.18 Å². The van der Waals surface area contributed by atoms with E-state index in [1.165, 1.54) is 24.3 Å². The first-order chi connectivity index (χ1) is 9.08. The van der Waals surface area contributed by atoms with Crippen molar-refractivity contribution in [2.75, 3.05) is 6.54 Å². The molecule has 100 valence electrons. The Balaban J connectivity index is 1.89. The van der Waals surface area contributed by atoms with Crippen LogP contribution in [0, 0.1) is 19.7 Å². The van der Waals surface area contributed by atoms with Crippen LogP contribution in [0.3, 0.4) is 0 Å². The van der Waals surface area contributed by atoms with E-state index in [2.05, 4.69) is 10.5 Å². The topological polar surface area (TPSA) is 55.1 Å². The maximum atomic E-state index is 12.7. The zero-order valence-electron chi connectivity index (χ0n) is 10.9. The molecule has 1 aromatic heterocycles. The summed E-state index contributed by atoms with van der Waals surface area (Å²) >= 11 is 0. The van der Waals surface area contributed by atoms with Crippen LogP contribution in [0.15, 0.2) is 28.8 Å². The number of carbonyl (C=O) groups is 1. The average Bonchev–Trinajstić information content (AvgIpc) is 2.71. The van der Waals surface area contributed by atoms with Crippen molar-refractivity contribution in [3.63, 3.8) is 0 Å². The molecular formula is C14H15FN2O2. The molecule has 0 bridgehead atoms. The first kappa shape index (κ1) is 13.3. The third-order valence-electron chi connectivity index (χ3n) is 2.95. The van der Waals surface area contributed by atoms with E-state index in [-0.39, 0.29) is 11.7 Å². The summed E-state index contributed by atoms with van der Waals surface area (Å²) in [4.78, 5) is 11.8. The Bertz CT molecular complexity index is 556. The van der Waals surface area contributed by atoms with Gasteiger partial charge in [-0.25, -0.2) is 4.39 Å². The second-order valence-electron chi connectivity index (χ2n) is 4.32. The largest absolute Gasteiger partial charge is 0.361 e. The number of halogens is 1. The molecule has 0 saturated heterocycles. The second kappa shape index (κ2) is 5.65. The number of nitrogens with one attached hydrogen (secondary N) is 1. The van der Waals surface area contributed by atoms with Gasteiger partial charge >= 0.3 is 0 Å². The van der Waals surface area contributed by atoms with Gasteiger partial charge in [-0.2, -0.15) is 0 Å². The minimum absolute atomic E-state index is 0.216. The lowest BCUT2D eigenvalue weighted by molar-refractivity contribution is 0.0954. The molecular weight excluding hydrogens is 247 g/mol. The van der Waals surface area contributed by atoms with Gasteiger partial charge in [-0.15, -0.1) is 0 Å². The number of nitrogens with zero attached hydrogens (tertiary/aromatic N) is 1. The minimum Gasteiger partial charge on any atom is -0.361 e. The zero-order chi connectivity index (χ0) is 13.8.